The topological polar surface area (TPSA) is 89.3 Å². The molecule has 3 aromatic carbocycles. The minimum absolute atomic E-state index is 0.124. The number of anilines is 2. The largest absolute Gasteiger partial charge is 0.487 e. The van der Waals surface area contributed by atoms with Gasteiger partial charge in [0.1, 0.15) is 41.8 Å². The molecule has 7 nitrogen and oxygen atoms in total. The van der Waals surface area contributed by atoms with Crippen LogP contribution in [-0.4, -0.2) is 32.7 Å². The maximum absolute atomic E-state index is 13.5. The second-order valence-electron chi connectivity index (χ2n) is 9.59. The molecule has 0 aliphatic carbocycles. The molecule has 0 aliphatic heterocycles. The van der Waals surface area contributed by atoms with Gasteiger partial charge in [-0.2, -0.15) is 0 Å². The Morgan fingerprint density at radius 2 is 1.95 bits per heavy atom. The summed E-state index contributed by atoms with van der Waals surface area (Å²) in [6.07, 6.45) is 4.17. The van der Waals surface area contributed by atoms with Gasteiger partial charge in [-0.1, -0.05) is 30.7 Å². The Bertz CT molecular complexity index is 1680. The number of halogens is 2. The highest BCUT2D eigenvalue weighted by atomic mass is 35.5. The summed E-state index contributed by atoms with van der Waals surface area (Å²) in [5, 5.41) is 7.97. The van der Waals surface area contributed by atoms with E-state index < -0.39 is 10.8 Å². The molecule has 0 fully saturated rings. The van der Waals surface area contributed by atoms with Gasteiger partial charge in [-0.15, -0.1) is 0 Å². The Kier molecular flexibility index (Phi) is 9.28. The zero-order chi connectivity index (χ0) is 28.8. The molecule has 0 radical (unpaired) electrons. The summed E-state index contributed by atoms with van der Waals surface area (Å²) >= 11 is 6.50. The van der Waals surface area contributed by atoms with Crippen molar-refractivity contribution >= 4 is 44.8 Å². The monoisotopic (exact) mass is 592 g/mol. The van der Waals surface area contributed by atoms with Gasteiger partial charge < -0.3 is 19.8 Å². The first kappa shape index (κ1) is 28.7. The van der Waals surface area contributed by atoms with Crippen LogP contribution in [0.3, 0.4) is 0 Å². The van der Waals surface area contributed by atoms with Crippen molar-refractivity contribution in [2.24, 2.45) is 0 Å². The van der Waals surface area contributed by atoms with E-state index in [9.17, 15) is 8.60 Å². The Labute approximate surface area is 245 Å². The Morgan fingerprint density at radius 3 is 2.73 bits per heavy atom. The number of aromatic nitrogens is 2. The van der Waals surface area contributed by atoms with E-state index in [4.69, 9.17) is 20.8 Å². The van der Waals surface area contributed by atoms with Crippen LogP contribution in [0.2, 0.25) is 5.02 Å². The molecule has 2 heterocycles. The molecule has 0 spiro atoms. The first-order valence-electron chi connectivity index (χ1n) is 13.2. The van der Waals surface area contributed by atoms with Crippen LogP contribution in [0.4, 0.5) is 15.9 Å². The molecular formula is C31H30ClFN4O3S. The predicted octanol–water partition coefficient (Wildman–Crippen LogP) is 7.42. The number of nitrogens with zero attached hydrogens (tertiary/aromatic N) is 2. The van der Waals surface area contributed by atoms with Crippen LogP contribution in [0.25, 0.3) is 22.2 Å². The molecule has 0 amide bonds. The van der Waals surface area contributed by atoms with Crippen LogP contribution in [0.5, 0.6) is 5.75 Å². The van der Waals surface area contributed by atoms with E-state index in [0.29, 0.717) is 33.7 Å². The SMILES string of the molecule is CCCNC(CS(C)=O)c1ccc(-c2ccc3ncnc(Nc4ccc(OCc5cccc(F)c5)c(Cl)c4)c3c2)o1. The van der Waals surface area contributed by atoms with Gasteiger partial charge in [-0.05, 0) is 79.2 Å². The Hall–Kier alpha value is -3.79. The lowest BCUT2D eigenvalue weighted by molar-refractivity contribution is 0.306. The third kappa shape index (κ3) is 7.30. The first-order chi connectivity index (χ1) is 19.9. The fourth-order valence-corrected chi connectivity index (χ4v) is 5.41. The Morgan fingerprint density at radius 1 is 1.07 bits per heavy atom. The van der Waals surface area contributed by atoms with Crippen LogP contribution in [-0.2, 0) is 17.4 Å². The highest BCUT2D eigenvalue weighted by molar-refractivity contribution is 7.84. The second-order valence-corrected chi connectivity index (χ2v) is 11.5. The minimum Gasteiger partial charge on any atom is -0.487 e. The van der Waals surface area contributed by atoms with Crippen molar-refractivity contribution < 1.29 is 17.8 Å². The average molecular weight is 593 g/mol. The molecule has 0 bridgehead atoms. The van der Waals surface area contributed by atoms with Crippen molar-refractivity contribution in [2.75, 3.05) is 23.9 Å². The molecule has 2 N–H and O–H groups in total. The zero-order valence-electron chi connectivity index (χ0n) is 22.7. The van der Waals surface area contributed by atoms with Gasteiger partial charge in [0.05, 0.1) is 16.6 Å². The molecule has 5 rings (SSSR count). The lowest BCUT2D eigenvalue weighted by Crippen LogP contribution is -2.26. The van der Waals surface area contributed by atoms with Gasteiger partial charge in [-0.25, -0.2) is 14.4 Å². The molecule has 5 aromatic rings. The molecule has 0 aliphatic rings. The number of furan rings is 1. The molecule has 2 unspecified atom stereocenters. The molecule has 212 valence electrons. The molecule has 0 saturated carbocycles. The van der Waals surface area contributed by atoms with E-state index in [1.165, 1.54) is 18.5 Å². The van der Waals surface area contributed by atoms with Crippen molar-refractivity contribution in [3.8, 4) is 17.1 Å². The summed E-state index contributed by atoms with van der Waals surface area (Å²) in [6.45, 7) is 3.10. The van der Waals surface area contributed by atoms with Crippen molar-refractivity contribution in [3.63, 3.8) is 0 Å². The maximum Gasteiger partial charge on any atom is 0.141 e. The third-order valence-electron chi connectivity index (χ3n) is 6.41. The van der Waals surface area contributed by atoms with Crippen LogP contribution in [0, 0.1) is 5.82 Å². The molecule has 2 atom stereocenters. The summed E-state index contributed by atoms with van der Waals surface area (Å²) < 4.78 is 37.4. The first-order valence-corrected chi connectivity index (χ1v) is 15.3. The second kappa shape index (κ2) is 13.2. The summed E-state index contributed by atoms with van der Waals surface area (Å²) in [6, 6.07) is 21.2. The van der Waals surface area contributed by atoms with E-state index >= 15 is 0 Å². The normalized spacial score (nSPS) is 12.8. The minimum atomic E-state index is -0.969. The summed E-state index contributed by atoms with van der Waals surface area (Å²) in [5.74, 6) is 2.71. The van der Waals surface area contributed by atoms with Gasteiger partial charge in [-0.3, -0.25) is 4.21 Å². The van der Waals surface area contributed by atoms with Gasteiger partial charge in [0.15, 0.2) is 0 Å². The van der Waals surface area contributed by atoms with Crippen LogP contribution in [0.15, 0.2) is 83.5 Å². The standard InChI is InChI=1S/C31H30ClFN4O3S/c1-3-13-34-27(18-41(2)38)30-12-11-28(40-30)21-7-9-26-24(15-21)31(36-19-35-26)37-23-8-10-29(25(32)16-23)39-17-20-5-4-6-22(33)14-20/h4-12,14-16,19,27,34H,3,13,17-18H2,1-2H3,(H,35,36,37). The fourth-order valence-electron chi connectivity index (χ4n) is 4.42. The average Bonchev–Trinajstić information content (AvgIpc) is 3.45. The van der Waals surface area contributed by atoms with E-state index in [-0.39, 0.29) is 18.5 Å². The van der Waals surface area contributed by atoms with Crippen molar-refractivity contribution in [2.45, 2.75) is 26.0 Å². The fraction of sp³-hybridized carbons (Fsp3) is 0.226. The van der Waals surface area contributed by atoms with Crippen molar-refractivity contribution in [1.29, 1.82) is 0 Å². The van der Waals surface area contributed by atoms with E-state index in [1.54, 1.807) is 30.5 Å². The van der Waals surface area contributed by atoms with Crippen LogP contribution >= 0.6 is 11.6 Å². The zero-order valence-corrected chi connectivity index (χ0v) is 24.3. The number of rotatable bonds is 12. The summed E-state index contributed by atoms with van der Waals surface area (Å²) in [7, 11) is -0.969. The van der Waals surface area contributed by atoms with Crippen LogP contribution < -0.4 is 15.4 Å². The molecule has 10 heteroatoms. The number of ether oxygens (including phenoxy) is 1. The molecule has 2 aromatic heterocycles. The number of benzene rings is 3. The van der Waals surface area contributed by atoms with E-state index in [0.717, 1.165) is 40.9 Å². The summed E-state index contributed by atoms with van der Waals surface area (Å²) in [5.41, 5.74) is 3.06. The maximum atomic E-state index is 13.5. The van der Waals surface area contributed by atoms with Crippen LogP contribution in [0.1, 0.15) is 30.7 Å². The summed E-state index contributed by atoms with van der Waals surface area (Å²) in [4.78, 5) is 8.88. The Balaban J connectivity index is 1.35. The van der Waals surface area contributed by atoms with E-state index in [1.807, 2.05) is 36.4 Å². The van der Waals surface area contributed by atoms with Gasteiger partial charge in [0, 0.05) is 39.4 Å². The third-order valence-corrected chi connectivity index (χ3v) is 7.51. The van der Waals surface area contributed by atoms with Crippen molar-refractivity contribution in [3.05, 3.63) is 101 Å². The van der Waals surface area contributed by atoms with Crippen molar-refractivity contribution in [1.82, 2.24) is 15.3 Å². The lowest BCUT2D eigenvalue weighted by Gasteiger charge is -2.15. The van der Waals surface area contributed by atoms with E-state index in [2.05, 4.69) is 27.5 Å². The number of hydrogen-bond acceptors (Lipinski definition) is 7. The van der Waals surface area contributed by atoms with Gasteiger partial charge in [0.2, 0.25) is 0 Å². The highest BCUT2D eigenvalue weighted by Gasteiger charge is 2.18. The van der Waals surface area contributed by atoms with Gasteiger partial charge in [0.25, 0.3) is 0 Å². The predicted molar refractivity (Wildman–Crippen MR) is 163 cm³/mol. The number of fused-ring (bicyclic) bond motifs is 1. The quantitative estimate of drug-likeness (QED) is 0.156. The smallest absolute Gasteiger partial charge is 0.141 e. The molecule has 0 saturated heterocycles. The van der Waals surface area contributed by atoms with Gasteiger partial charge >= 0.3 is 0 Å². The molecule has 41 heavy (non-hydrogen) atoms. The lowest BCUT2D eigenvalue weighted by atomic mass is 10.1. The molecular weight excluding hydrogens is 563 g/mol. The highest BCUT2D eigenvalue weighted by Crippen LogP contribution is 2.33. The number of nitrogens with one attached hydrogen (secondary N) is 2. The number of hydrogen-bond donors (Lipinski definition) is 2.